The fourth-order valence-corrected chi connectivity index (χ4v) is 2.83. The molecule has 142 valence electrons. The van der Waals surface area contributed by atoms with E-state index in [4.69, 9.17) is 9.90 Å². The molecule has 1 aromatic rings. The van der Waals surface area contributed by atoms with Crippen LogP contribution in [0.1, 0.15) is 0 Å². The first kappa shape index (κ1) is 21.1. The fraction of sp³-hybridized carbons (Fsp3) is 0.462. The minimum atomic E-state index is -5.08. The molecule has 1 aliphatic heterocycles. The van der Waals surface area contributed by atoms with Crippen LogP contribution < -0.4 is 10.2 Å². The molecule has 0 spiro atoms. The van der Waals surface area contributed by atoms with Gasteiger partial charge in [-0.15, -0.1) is 0 Å². The zero-order valence-corrected chi connectivity index (χ0v) is 13.7. The number of nitrogens with one attached hydrogen (secondary N) is 1. The number of sulfone groups is 1. The van der Waals surface area contributed by atoms with Crippen LogP contribution >= 0.6 is 0 Å². The minimum absolute atomic E-state index is 0.374. The number of halogens is 5. The highest BCUT2D eigenvalue weighted by Gasteiger charge is 2.38. The maximum absolute atomic E-state index is 13.7. The molecule has 0 aliphatic carbocycles. The number of benzene rings is 1. The van der Waals surface area contributed by atoms with Gasteiger partial charge in [-0.05, 0) is 12.1 Å². The number of carboxylic acid groups (broad SMARTS) is 1. The molecule has 12 heteroatoms. The third-order valence-corrected chi connectivity index (χ3v) is 4.21. The normalized spacial score (nSPS) is 15.4. The van der Waals surface area contributed by atoms with E-state index in [-0.39, 0.29) is 0 Å². The number of aliphatic carboxylic acids is 1. The molecule has 0 amide bonds. The van der Waals surface area contributed by atoms with Crippen LogP contribution in [-0.2, 0) is 14.6 Å². The molecule has 0 radical (unpaired) electrons. The number of rotatable bonds is 2. The second-order valence-electron chi connectivity index (χ2n) is 5.05. The van der Waals surface area contributed by atoms with Gasteiger partial charge in [-0.25, -0.2) is 22.0 Å². The number of carboxylic acids is 1. The van der Waals surface area contributed by atoms with Crippen molar-refractivity contribution in [2.45, 2.75) is 11.1 Å². The van der Waals surface area contributed by atoms with Gasteiger partial charge < -0.3 is 15.3 Å². The summed E-state index contributed by atoms with van der Waals surface area (Å²) in [6.07, 6.45) is -4.29. The summed E-state index contributed by atoms with van der Waals surface area (Å²) in [4.78, 5) is 9.85. The number of nitrogens with zero attached hydrogens (tertiary/aromatic N) is 1. The quantitative estimate of drug-likeness (QED) is 0.743. The van der Waals surface area contributed by atoms with Crippen molar-refractivity contribution in [3.05, 3.63) is 23.8 Å². The van der Waals surface area contributed by atoms with Gasteiger partial charge in [0.05, 0.1) is 0 Å². The lowest BCUT2D eigenvalue weighted by Crippen LogP contribution is -2.43. The minimum Gasteiger partial charge on any atom is -0.475 e. The zero-order valence-electron chi connectivity index (χ0n) is 12.9. The van der Waals surface area contributed by atoms with E-state index in [2.05, 4.69) is 5.32 Å². The van der Waals surface area contributed by atoms with Gasteiger partial charge in [0, 0.05) is 38.1 Å². The van der Waals surface area contributed by atoms with Gasteiger partial charge in [-0.1, -0.05) is 0 Å². The van der Waals surface area contributed by atoms with E-state index >= 15 is 0 Å². The molecular weight excluding hydrogens is 375 g/mol. The van der Waals surface area contributed by atoms with E-state index in [0.29, 0.717) is 18.8 Å². The molecule has 6 nitrogen and oxygen atoms in total. The molecule has 1 fully saturated rings. The highest BCUT2D eigenvalue weighted by Crippen LogP contribution is 2.25. The van der Waals surface area contributed by atoms with Gasteiger partial charge >= 0.3 is 12.1 Å². The van der Waals surface area contributed by atoms with Gasteiger partial charge in [0.25, 0.3) is 0 Å². The molecule has 1 aromatic carbocycles. The smallest absolute Gasteiger partial charge is 0.475 e. The van der Waals surface area contributed by atoms with Crippen LogP contribution in [-0.4, -0.2) is 58.1 Å². The van der Waals surface area contributed by atoms with Crippen molar-refractivity contribution >= 4 is 21.5 Å². The molecule has 0 bridgehead atoms. The Morgan fingerprint density at radius 2 is 1.56 bits per heavy atom. The van der Waals surface area contributed by atoms with Gasteiger partial charge in [0.2, 0.25) is 0 Å². The standard InChI is InChI=1S/C11H14F2N2O2S.C2HF3O2/c1-18(16,17)11-9(12)6-8(7-10(11)13)15-4-2-14-3-5-15;3-2(4,5)1(6)7/h6-7,14H,2-5H2,1H3;(H,6,7). The maximum Gasteiger partial charge on any atom is 0.490 e. The Morgan fingerprint density at radius 3 is 1.88 bits per heavy atom. The molecule has 25 heavy (non-hydrogen) atoms. The summed E-state index contributed by atoms with van der Waals surface area (Å²) in [5, 5.41) is 10.2. The summed E-state index contributed by atoms with van der Waals surface area (Å²) in [6.45, 7) is 2.74. The van der Waals surface area contributed by atoms with Crippen LogP contribution in [0.5, 0.6) is 0 Å². The van der Waals surface area contributed by atoms with Crippen molar-refractivity contribution in [3.8, 4) is 0 Å². The second-order valence-corrected chi connectivity index (χ2v) is 7.00. The molecule has 0 saturated carbocycles. The molecule has 0 unspecified atom stereocenters. The lowest BCUT2D eigenvalue weighted by molar-refractivity contribution is -0.192. The molecular formula is C13H15F5N2O4S. The molecule has 1 heterocycles. The molecule has 2 N–H and O–H groups in total. The SMILES string of the molecule is CS(=O)(=O)c1c(F)cc(N2CCNCC2)cc1F.O=C(O)C(F)(F)F. The van der Waals surface area contributed by atoms with E-state index in [1.165, 1.54) is 0 Å². The van der Waals surface area contributed by atoms with Crippen molar-refractivity contribution in [3.63, 3.8) is 0 Å². The van der Waals surface area contributed by atoms with Crippen LogP contribution in [0.4, 0.5) is 27.6 Å². The Labute approximate surface area is 140 Å². The zero-order chi connectivity index (χ0) is 19.4. The number of piperazine rings is 1. The van der Waals surface area contributed by atoms with E-state index in [0.717, 1.165) is 31.5 Å². The fourth-order valence-electron chi connectivity index (χ4n) is 2.01. The second kappa shape index (κ2) is 7.95. The lowest BCUT2D eigenvalue weighted by atomic mass is 10.2. The first-order chi connectivity index (χ1) is 11.3. The third-order valence-electron chi connectivity index (χ3n) is 3.08. The Balaban J connectivity index is 0.000000381. The summed E-state index contributed by atoms with van der Waals surface area (Å²) in [6, 6.07) is 2.15. The average molecular weight is 390 g/mol. The number of alkyl halides is 3. The van der Waals surface area contributed by atoms with Crippen LogP contribution in [0.25, 0.3) is 0 Å². The molecule has 2 rings (SSSR count). The first-order valence-electron chi connectivity index (χ1n) is 6.79. The topological polar surface area (TPSA) is 86.7 Å². The Hall–Kier alpha value is -1.95. The monoisotopic (exact) mass is 390 g/mol. The highest BCUT2D eigenvalue weighted by molar-refractivity contribution is 7.90. The summed E-state index contributed by atoms with van der Waals surface area (Å²) >= 11 is 0. The van der Waals surface area contributed by atoms with Crippen molar-refractivity contribution in [2.75, 3.05) is 37.3 Å². The average Bonchev–Trinajstić information content (AvgIpc) is 2.45. The van der Waals surface area contributed by atoms with Crippen LogP contribution in [0.2, 0.25) is 0 Å². The predicted molar refractivity (Wildman–Crippen MR) is 78.2 cm³/mol. The van der Waals surface area contributed by atoms with E-state index < -0.39 is 38.5 Å². The molecule has 0 aromatic heterocycles. The number of hydrogen-bond acceptors (Lipinski definition) is 5. The van der Waals surface area contributed by atoms with Crippen LogP contribution in [0.3, 0.4) is 0 Å². The largest absolute Gasteiger partial charge is 0.490 e. The highest BCUT2D eigenvalue weighted by atomic mass is 32.2. The first-order valence-corrected chi connectivity index (χ1v) is 8.68. The van der Waals surface area contributed by atoms with Gasteiger partial charge in [0.1, 0.15) is 16.5 Å². The Bertz CT molecular complexity index is 707. The lowest BCUT2D eigenvalue weighted by Gasteiger charge is -2.29. The van der Waals surface area contributed by atoms with Gasteiger partial charge in [0.15, 0.2) is 9.84 Å². The van der Waals surface area contributed by atoms with Gasteiger partial charge in [-0.3, -0.25) is 0 Å². The Kier molecular flexibility index (Phi) is 6.71. The molecule has 1 saturated heterocycles. The number of hydrogen-bond donors (Lipinski definition) is 2. The van der Waals surface area contributed by atoms with Crippen molar-refractivity contribution in [2.24, 2.45) is 0 Å². The van der Waals surface area contributed by atoms with E-state index in [1.807, 2.05) is 4.90 Å². The van der Waals surface area contributed by atoms with Crippen LogP contribution in [0.15, 0.2) is 17.0 Å². The summed E-state index contributed by atoms with van der Waals surface area (Å²) in [5.74, 6) is -4.83. The predicted octanol–water partition coefficient (Wildman–Crippen LogP) is 1.41. The van der Waals surface area contributed by atoms with Gasteiger partial charge in [-0.2, -0.15) is 13.2 Å². The molecule has 1 aliphatic rings. The van der Waals surface area contributed by atoms with E-state index in [9.17, 15) is 30.4 Å². The third kappa shape index (κ3) is 6.12. The number of anilines is 1. The summed E-state index contributed by atoms with van der Waals surface area (Å²) < 4.78 is 81.7. The van der Waals surface area contributed by atoms with Crippen molar-refractivity contribution < 1.29 is 40.3 Å². The Morgan fingerprint density at radius 1 is 1.16 bits per heavy atom. The summed E-state index contributed by atoms with van der Waals surface area (Å²) in [7, 11) is -3.89. The maximum atomic E-state index is 13.7. The number of carbonyl (C=O) groups is 1. The van der Waals surface area contributed by atoms with Crippen molar-refractivity contribution in [1.29, 1.82) is 0 Å². The van der Waals surface area contributed by atoms with E-state index in [1.54, 1.807) is 0 Å². The van der Waals surface area contributed by atoms with Crippen LogP contribution in [0, 0.1) is 11.6 Å². The summed E-state index contributed by atoms with van der Waals surface area (Å²) in [5.41, 5.74) is 0.374. The molecule has 0 atom stereocenters. The van der Waals surface area contributed by atoms with Crippen molar-refractivity contribution in [1.82, 2.24) is 5.32 Å².